The second-order valence-corrected chi connectivity index (χ2v) is 2.47. The van der Waals surface area contributed by atoms with E-state index in [1.807, 2.05) is 0 Å². The van der Waals surface area contributed by atoms with E-state index in [9.17, 15) is 0 Å². The van der Waals surface area contributed by atoms with Crippen LogP contribution in [0.5, 0.6) is 0 Å². The molecule has 6 heteroatoms. The summed E-state index contributed by atoms with van der Waals surface area (Å²) in [5.74, 6) is 0. The Bertz CT molecular complexity index is 114. The largest absolute Gasteiger partial charge is 0.394 e. The molecule has 1 rings (SSSR count). The molecule has 0 radical (unpaired) electrons. The normalized spacial score (nSPS) is 44.7. The van der Waals surface area contributed by atoms with E-state index in [0.29, 0.717) is 0 Å². The van der Waals surface area contributed by atoms with E-state index in [1.165, 1.54) is 0 Å². The highest BCUT2D eigenvalue weighted by atomic mass is 35.5. The topological polar surface area (TPSA) is 79.2 Å². The van der Waals surface area contributed by atoms with Gasteiger partial charge in [-0.25, -0.2) is 4.29 Å². The van der Waals surface area contributed by atoms with E-state index in [4.69, 9.17) is 31.9 Å². The zero-order valence-electron chi connectivity index (χ0n) is 5.55. The molecular weight excluding hydrogens is 176 g/mol. The maximum absolute atomic E-state index is 9.09. The van der Waals surface area contributed by atoms with Gasteiger partial charge in [0.2, 0.25) is 6.29 Å². The van der Waals surface area contributed by atoms with Crippen molar-refractivity contribution in [3.8, 4) is 0 Å². The van der Waals surface area contributed by atoms with Crippen LogP contribution in [0.1, 0.15) is 0 Å². The van der Waals surface area contributed by atoms with Gasteiger partial charge in [-0.2, -0.15) is 0 Å². The van der Waals surface area contributed by atoms with Gasteiger partial charge >= 0.3 is 0 Å². The molecule has 0 aliphatic carbocycles. The summed E-state index contributed by atoms with van der Waals surface area (Å²) in [4.78, 5) is 0. The molecule has 4 atom stereocenters. The van der Waals surface area contributed by atoms with Crippen LogP contribution in [-0.2, 0) is 9.03 Å². The van der Waals surface area contributed by atoms with E-state index >= 15 is 0 Å². The number of hydrogen-bond acceptors (Lipinski definition) is 5. The number of halogens is 1. The third-order valence-corrected chi connectivity index (χ3v) is 1.76. The van der Waals surface area contributed by atoms with Gasteiger partial charge in [0.25, 0.3) is 0 Å². The van der Waals surface area contributed by atoms with Crippen molar-refractivity contribution in [3.05, 3.63) is 0 Å². The first-order valence-electron chi connectivity index (χ1n) is 3.10. The lowest BCUT2D eigenvalue weighted by Crippen LogP contribution is -2.33. The van der Waals surface area contributed by atoms with E-state index in [0.717, 1.165) is 0 Å². The van der Waals surface area contributed by atoms with Crippen LogP contribution in [0.4, 0.5) is 0 Å². The van der Waals surface area contributed by atoms with E-state index in [1.54, 1.807) is 0 Å². The van der Waals surface area contributed by atoms with Crippen molar-refractivity contribution in [2.45, 2.75) is 24.6 Å². The molecule has 0 amide bonds. The molecule has 1 unspecified atom stereocenters. The van der Waals surface area contributed by atoms with Gasteiger partial charge in [0, 0.05) is 0 Å². The number of aliphatic hydroxyl groups excluding tert-OH is 3. The molecule has 66 valence electrons. The van der Waals surface area contributed by atoms with Crippen LogP contribution in [0.2, 0.25) is 0 Å². The Morgan fingerprint density at radius 3 is 2.27 bits per heavy atom. The average molecular weight is 185 g/mol. The predicted molar refractivity (Wildman–Crippen MR) is 34.7 cm³/mol. The minimum atomic E-state index is -1.20. The van der Waals surface area contributed by atoms with Gasteiger partial charge in [0.1, 0.15) is 18.3 Å². The highest BCUT2D eigenvalue weighted by Gasteiger charge is 2.43. The van der Waals surface area contributed by atoms with Gasteiger partial charge in [0.05, 0.1) is 18.5 Å². The zero-order valence-corrected chi connectivity index (χ0v) is 6.31. The van der Waals surface area contributed by atoms with Crippen molar-refractivity contribution in [1.82, 2.24) is 0 Å². The third kappa shape index (κ3) is 1.64. The summed E-state index contributed by atoms with van der Waals surface area (Å²) >= 11 is 4.91. The highest BCUT2D eigenvalue weighted by molar-refractivity contribution is 6.07. The molecule has 0 saturated carbocycles. The predicted octanol–water partition coefficient (Wildman–Crippen LogP) is -1.40. The number of rotatable bonds is 2. The van der Waals surface area contributed by atoms with Gasteiger partial charge in [-0.3, -0.25) is 0 Å². The molecule has 1 aliphatic rings. The lowest BCUT2D eigenvalue weighted by Gasteiger charge is -2.09. The second-order valence-electron chi connectivity index (χ2n) is 2.30. The summed E-state index contributed by atoms with van der Waals surface area (Å²) in [5, 5.41) is 26.7. The number of hydrogen-bond donors (Lipinski definition) is 3. The van der Waals surface area contributed by atoms with Crippen molar-refractivity contribution in [3.63, 3.8) is 0 Å². The lowest BCUT2D eigenvalue weighted by atomic mass is 10.1. The quantitative estimate of drug-likeness (QED) is 0.492. The molecular formula is C5H9ClO5. The molecule has 0 aromatic rings. The first kappa shape index (κ1) is 9.18. The molecule has 1 fully saturated rings. The average Bonchev–Trinajstić information content (AvgIpc) is 2.30. The van der Waals surface area contributed by atoms with Crippen molar-refractivity contribution in [2.24, 2.45) is 0 Å². The molecule has 3 N–H and O–H groups in total. The Morgan fingerprint density at radius 2 is 2.00 bits per heavy atom. The summed E-state index contributed by atoms with van der Waals surface area (Å²) in [7, 11) is 0. The molecule has 5 nitrogen and oxygen atoms in total. The maximum atomic E-state index is 9.09. The number of ether oxygens (including phenoxy) is 1. The van der Waals surface area contributed by atoms with Crippen LogP contribution in [-0.4, -0.2) is 46.5 Å². The molecule has 0 aromatic carbocycles. The van der Waals surface area contributed by atoms with E-state index in [-0.39, 0.29) is 6.61 Å². The fraction of sp³-hybridized carbons (Fsp3) is 1.00. The van der Waals surface area contributed by atoms with E-state index in [2.05, 4.69) is 4.29 Å². The summed E-state index contributed by atoms with van der Waals surface area (Å²) in [6.45, 7) is -0.380. The van der Waals surface area contributed by atoms with Crippen LogP contribution in [0, 0.1) is 0 Å². The van der Waals surface area contributed by atoms with Crippen LogP contribution in [0.15, 0.2) is 0 Å². The first-order chi connectivity index (χ1) is 5.20. The molecule has 0 spiro atoms. The minimum Gasteiger partial charge on any atom is -0.394 e. The van der Waals surface area contributed by atoms with Gasteiger partial charge < -0.3 is 20.1 Å². The molecule has 1 heterocycles. The standard InChI is InChI=1S/C5H9ClO5/c6-11-5-4(9)3(8)2(1-7)10-5/h2-5,7-9H,1H2/t2-,3-,4-,5?/m1/s1. The van der Waals surface area contributed by atoms with Crippen LogP contribution < -0.4 is 0 Å². The summed E-state index contributed by atoms with van der Waals surface area (Å²) in [6, 6.07) is 0. The summed E-state index contributed by atoms with van der Waals surface area (Å²) < 4.78 is 8.93. The van der Waals surface area contributed by atoms with Crippen LogP contribution >= 0.6 is 11.9 Å². The Hall–Kier alpha value is 0.0900. The van der Waals surface area contributed by atoms with Gasteiger partial charge in [-0.05, 0) is 0 Å². The monoisotopic (exact) mass is 184 g/mol. The molecule has 0 bridgehead atoms. The zero-order chi connectivity index (χ0) is 8.43. The Kier molecular flexibility index (Phi) is 3.06. The van der Waals surface area contributed by atoms with Crippen LogP contribution in [0.25, 0.3) is 0 Å². The lowest BCUT2D eigenvalue weighted by molar-refractivity contribution is -0.113. The third-order valence-electron chi connectivity index (χ3n) is 1.59. The number of aliphatic hydroxyl groups is 3. The molecule has 0 aromatic heterocycles. The molecule has 1 saturated heterocycles. The second kappa shape index (κ2) is 3.66. The fourth-order valence-corrected chi connectivity index (χ4v) is 1.09. The fourth-order valence-electron chi connectivity index (χ4n) is 0.939. The smallest absolute Gasteiger partial charge is 0.206 e. The maximum Gasteiger partial charge on any atom is 0.206 e. The Labute approximate surface area is 68.3 Å². The molecule has 1 aliphatic heterocycles. The Balaban J connectivity index is 2.53. The van der Waals surface area contributed by atoms with Gasteiger partial charge in [-0.15, -0.1) is 0 Å². The van der Waals surface area contributed by atoms with E-state index < -0.39 is 24.6 Å². The van der Waals surface area contributed by atoms with Crippen LogP contribution in [0.3, 0.4) is 0 Å². The minimum absolute atomic E-state index is 0.380. The molecule has 11 heavy (non-hydrogen) atoms. The summed E-state index contributed by atoms with van der Waals surface area (Å²) in [6.07, 6.45) is -4.24. The van der Waals surface area contributed by atoms with Gasteiger partial charge in [-0.1, -0.05) is 0 Å². The van der Waals surface area contributed by atoms with Crippen molar-refractivity contribution in [1.29, 1.82) is 0 Å². The first-order valence-corrected chi connectivity index (χ1v) is 3.41. The SMILES string of the molecule is OC[C@H]1OC(OCl)[C@H](O)[C@@H]1O. The highest BCUT2D eigenvalue weighted by Crippen LogP contribution is 2.22. The Morgan fingerprint density at radius 1 is 1.36 bits per heavy atom. The van der Waals surface area contributed by atoms with Crippen molar-refractivity contribution < 1.29 is 24.3 Å². The van der Waals surface area contributed by atoms with Gasteiger partial charge in [0.15, 0.2) is 0 Å². The van der Waals surface area contributed by atoms with Crippen molar-refractivity contribution >= 4 is 11.9 Å². The van der Waals surface area contributed by atoms with Crippen molar-refractivity contribution in [2.75, 3.05) is 6.61 Å². The summed E-state index contributed by atoms with van der Waals surface area (Å²) in [5.41, 5.74) is 0.